The predicted molar refractivity (Wildman–Crippen MR) is 246 cm³/mol. The molecule has 0 saturated carbocycles. The molecule has 0 unspecified atom stereocenters. The van der Waals surface area contributed by atoms with Crippen molar-refractivity contribution in [2.24, 2.45) is 0 Å². The van der Waals surface area contributed by atoms with Crippen molar-refractivity contribution in [3.05, 3.63) is 213 Å². The van der Waals surface area contributed by atoms with E-state index in [0.29, 0.717) is 0 Å². The lowest BCUT2D eigenvalue weighted by Crippen LogP contribution is -1.93. The molecule has 6 aromatic carbocycles. The molecule has 0 bridgehead atoms. The van der Waals surface area contributed by atoms with Crippen LogP contribution in [0, 0.1) is 0 Å². The van der Waals surface area contributed by atoms with E-state index in [-0.39, 0.29) is 0 Å². The van der Waals surface area contributed by atoms with Gasteiger partial charge in [-0.3, -0.25) is 9.97 Å². The van der Waals surface area contributed by atoms with Crippen LogP contribution in [0.25, 0.3) is 111 Å². The Morgan fingerprint density at radius 3 is 1.37 bits per heavy atom. The number of para-hydroxylation sites is 1. The molecule has 5 nitrogen and oxygen atoms in total. The van der Waals surface area contributed by atoms with Crippen LogP contribution in [-0.2, 0) is 0 Å². The van der Waals surface area contributed by atoms with E-state index in [0.717, 1.165) is 111 Å². The number of nitrogens with zero attached hydrogens (tertiary/aromatic N) is 5. The van der Waals surface area contributed by atoms with Crippen LogP contribution in [0.15, 0.2) is 213 Å². The van der Waals surface area contributed by atoms with Gasteiger partial charge in [0.15, 0.2) is 0 Å². The molecule has 0 radical (unpaired) electrons. The fourth-order valence-electron chi connectivity index (χ4n) is 8.20. The highest BCUT2D eigenvalue weighted by atomic mass is 14.8. The summed E-state index contributed by atoms with van der Waals surface area (Å²) in [5.41, 5.74) is 17.7. The summed E-state index contributed by atoms with van der Waals surface area (Å²) in [6, 6.07) is 66.0. The second kappa shape index (κ2) is 15.0. The second-order valence-corrected chi connectivity index (χ2v) is 14.9. The molecule has 5 aromatic heterocycles. The number of pyridine rings is 5. The highest BCUT2D eigenvalue weighted by molar-refractivity contribution is 6.16. The SMILES string of the molecule is c1ccc(-c2ccc3ccc4c(-c5ccc(-c6cc(-c7ccc(-c8ccncc8)cc7)nc(-c7ccc(-c8ccncc8)cc7)c6)cc5)c5ccccc5nc4c3n2)cc1. The molecule has 0 saturated heterocycles. The first kappa shape index (κ1) is 35.0. The minimum absolute atomic E-state index is 0.899. The van der Waals surface area contributed by atoms with E-state index >= 15 is 0 Å². The molecule has 11 aromatic rings. The van der Waals surface area contributed by atoms with Crippen molar-refractivity contribution in [1.82, 2.24) is 24.9 Å². The fraction of sp³-hybridized carbons (Fsp3) is 0. The summed E-state index contributed by atoms with van der Waals surface area (Å²) < 4.78 is 0. The van der Waals surface area contributed by atoms with Crippen molar-refractivity contribution in [1.29, 1.82) is 0 Å². The molecule has 0 amide bonds. The average Bonchev–Trinajstić information content (AvgIpc) is 3.34. The first-order chi connectivity index (χ1) is 29.7. The maximum atomic E-state index is 5.26. The molecule has 60 heavy (non-hydrogen) atoms. The predicted octanol–water partition coefficient (Wildman–Crippen LogP) is 13.8. The first-order valence-electron chi connectivity index (χ1n) is 20.0. The lowest BCUT2D eigenvalue weighted by atomic mass is 9.93. The molecule has 0 aliphatic carbocycles. The van der Waals surface area contributed by atoms with Crippen molar-refractivity contribution in [3.63, 3.8) is 0 Å². The zero-order valence-corrected chi connectivity index (χ0v) is 32.4. The summed E-state index contributed by atoms with van der Waals surface area (Å²) in [5, 5.41) is 3.25. The third kappa shape index (κ3) is 6.54. The Bertz CT molecular complexity index is 3210. The number of benzene rings is 6. The minimum Gasteiger partial charge on any atom is -0.265 e. The van der Waals surface area contributed by atoms with Crippen LogP contribution in [0.2, 0.25) is 0 Å². The quantitative estimate of drug-likeness (QED) is 0.119. The Hall–Kier alpha value is -8.15. The summed E-state index contributed by atoms with van der Waals surface area (Å²) in [7, 11) is 0. The molecule has 0 aliphatic heterocycles. The van der Waals surface area contributed by atoms with Gasteiger partial charge in [0, 0.05) is 63.2 Å². The largest absolute Gasteiger partial charge is 0.265 e. The third-order valence-electron chi connectivity index (χ3n) is 11.3. The Labute approximate surface area is 347 Å². The van der Waals surface area contributed by atoms with Crippen LogP contribution in [0.4, 0.5) is 0 Å². The zero-order valence-electron chi connectivity index (χ0n) is 32.4. The van der Waals surface area contributed by atoms with Crippen molar-refractivity contribution < 1.29 is 0 Å². The smallest absolute Gasteiger partial charge is 0.0978 e. The van der Waals surface area contributed by atoms with Crippen LogP contribution < -0.4 is 0 Å². The third-order valence-corrected chi connectivity index (χ3v) is 11.3. The summed E-state index contributed by atoms with van der Waals surface area (Å²) >= 11 is 0. The molecular weight excluding hydrogens is 731 g/mol. The maximum Gasteiger partial charge on any atom is 0.0978 e. The minimum atomic E-state index is 0.899. The summed E-state index contributed by atoms with van der Waals surface area (Å²) in [6.07, 6.45) is 7.30. The fourth-order valence-corrected chi connectivity index (χ4v) is 8.20. The van der Waals surface area contributed by atoms with Crippen molar-refractivity contribution >= 4 is 32.7 Å². The number of fused-ring (bicyclic) bond motifs is 4. The van der Waals surface area contributed by atoms with E-state index in [4.69, 9.17) is 15.0 Å². The molecule has 5 heteroatoms. The highest BCUT2D eigenvalue weighted by Gasteiger charge is 2.16. The topological polar surface area (TPSA) is 64.5 Å². The zero-order chi connectivity index (χ0) is 39.8. The van der Waals surface area contributed by atoms with Gasteiger partial charge in [-0.05, 0) is 87.5 Å². The number of hydrogen-bond acceptors (Lipinski definition) is 5. The van der Waals surface area contributed by atoms with Gasteiger partial charge < -0.3 is 0 Å². The number of aromatic nitrogens is 5. The molecule has 0 atom stereocenters. The maximum absolute atomic E-state index is 5.26. The van der Waals surface area contributed by atoms with Crippen LogP contribution in [0.3, 0.4) is 0 Å². The molecular formula is C55H35N5. The molecule has 11 rings (SSSR count). The molecule has 0 spiro atoms. The van der Waals surface area contributed by atoms with Crippen molar-refractivity contribution in [3.8, 4) is 78.3 Å². The first-order valence-corrected chi connectivity index (χ1v) is 20.0. The van der Waals surface area contributed by atoms with E-state index < -0.39 is 0 Å². The van der Waals surface area contributed by atoms with Gasteiger partial charge >= 0.3 is 0 Å². The number of rotatable bonds is 7. The van der Waals surface area contributed by atoms with E-state index in [1.807, 2.05) is 55.1 Å². The van der Waals surface area contributed by atoms with E-state index in [1.54, 1.807) is 0 Å². The Morgan fingerprint density at radius 1 is 0.267 bits per heavy atom. The van der Waals surface area contributed by atoms with E-state index in [1.165, 1.54) is 0 Å². The summed E-state index contributed by atoms with van der Waals surface area (Å²) in [6.45, 7) is 0. The highest BCUT2D eigenvalue weighted by Crippen LogP contribution is 2.39. The Morgan fingerprint density at radius 2 is 0.750 bits per heavy atom. The summed E-state index contributed by atoms with van der Waals surface area (Å²) in [5.74, 6) is 0. The Balaban J connectivity index is 1.02. The van der Waals surface area contributed by atoms with Gasteiger partial charge in [0.05, 0.1) is 33.6 Å². The lowest BCUT2D eigenvalue weighted by molar-refractivity contribution is 1.32. The van der Waals surface area contributed by atoms with Crippen molar-refractivity contribution in [2.45, 2.75) is 0 Å². The molecule has 0 fully saturated rings. The van der Waals surface area contributed by atoms with Crippen LogP contribution in [0.5, 0.6) is 0 Å². The molecule has 0 N–H and O–H groups in total. The molecule has 5 heterocycles. The average molecular weight is 766 g/mol. The van der Waals surface area contributed by atoms with Crippen molar-refractivity contribution in [2.75, 3.05) is 0 Å². The molecule has 0 aliphatic rings. The van der Waals surface area contributed by atoms with Gasteiger partial charge in [-0.25, -0.2) is 15.0 Å². The van der Waals surface area contributed by atoms with Gasteiger partial charge in [-0.15, -0.1) is 0 Å². The normalized spacial score (nSPS) is 11.3. The monoisotopic (exact) mass is 765 g/mol. The van der Waals surface area contributed by atoms with Gasteiger partial charge in [0.1, 0.15) is 0 Å². The van der Waals surface area contributed by atoms with Crippen LogP contribution >= 0.6 is 0 Å². The standard InChI is InChI=1S/C55H35N5/c1-2-6-41(7-3-1)49-25-23-45-22-24-48-53(47-8-4-5-9-50(47)60-55(48)54(45)59-49)44-20-14-38(15-21-44)46-34-51(42-16-10-36(11-17-42)39-26-30-56-31-27-39)58-52(35-46)43-18-12-37(13-19-43)40-28-32-57-33-29-40/h1-35H. The van der Waals surface area contributed by atoms with E-state index in [2.05, 4.69) is 168 Å². The van der Waals surface area contributed by atoms with Gasteiger partial charge in [0.25, 0.3) is 0 Å². The van der Waals surface area contributed by atoms with Gasteiger partial charge in [0.2, 0.25) is 0 Å². The van der Waals surface area contributed by atoms with E-state index in [9.17, 15) is 0 Å². The summed E-state index contributed by atoms with van der Waals surface area (Å²) in [4.78, 5) is 24.1. The lowest BCUT2D eigenvalue weighted by Gasteiger charge is -2.14. The number of hydrogen-bond donors (Lipinski definition) is 0. The van der Waals surface area contributed by atoms with Gasteiger partial charge in [-0.1, -0.05) is 140 Å². The second-order valence-electron chi connectivity index (χ2n) is 14.9. The molecule has 280 valence electrons. The van der Waals surface area contributed by atoms with Crippen LogP contribution in [-0.4, -0.2) is 24.9 Å². The van der Waals surface area contributed by atoms with Gasteiger partial charge in [-0.2, -0.15) is 0 Å². The Kier molecular flexibility index (Phi) is 8.75. The van der Waals surface area contributed by atoms with Crippen LogP contribution in [0.1, 0.15) is 0 Å².